The second-order valence-corrected chi connectivity index (χ2v) is 4.84. The van der Waals surface area contributed by atoms with Crippen LogP contribution < -0.4 is 15.2 Å². The third-order valence-corrected chi connectivity index (χ3v) is 3.27. The van der Waals surface area contributed by atoms with Crippen molar-refractivity contribution in [2.24, 2.45) is 0 Å². The Kier molecular flexibility index (Phi) is 3.36. The van der Waals surface area contributed by atoms with E-state index >= 15 is 0 Å². The molecule has 0 atom stereocenters. The Bertz CT molecular complexity index is 800. The molecule has 0 unspecified atom stereocenters. The first kappa shape index (κ1) is 13.2. The average Bonchev–Trinajstić information content (AvgIpc) is 2.49. The van der Waals surface area contributed by atoms with Crippen LogP contribution in [-0.4, -0.2) is 12.1 Å². The summed E-state index contributed by atoms with van der Waals surface area (Å²) in [6, 6.07) is 13.2. The van der Waals surface area contributed by atoms with Crippen molar-refractivity contribution in [2.45, 2.75) is 6.92 Å². The van der Waals surface area contributed by atoms with Crippen molar-refractivity contribution in [1.29, 1.82) is 0 Å². The molecule has 4 nitrogen and oxygen atoms in total. The largest absolute Gasteiger partial charge is 0.493 e. The summed E-state index contributed by atoms with van der Waals surface area (Å²) in [4.78, 5) is 4.31. The van der Waals surface area contributed by atoms with E-state index in [2.05, 4.69) is 4.98 Å². The standard InChI is InChI=1S/C17H16N2O2/c1-11-3-6-16(17(9-11)20-2)21-15-7-8-19-14-10-12(18)4-5-13(14)15/h3-10H,18H2,1-2H3. The Morgan fingerprint density at radius 1 is 0.952 bits per heavy atom. The molecule has 0 aliphatic heterocycles. The van der Waals surface area contributed by atoms with Gasteiger partial charge in [0, 0.05) is 17.3 Å². The molecule has 3 rings (SSSR count). The molecule has 0 aliphatic carbocycles. The SMILES string of the molecule is COc1cc(C)ccc1Oc1ccnc2cc(N)ccc12. The van der Waals surface area contributed by atoms with E-state index in [0.29, 0.717) is 17.2 Å². The number of methoxy groups -OCH3 is 1. The maximum atomic E-state index is 6.00. The van der Waals surface area contributed by atoms with Crippen LogP contribution in [0, 0.1) is 6.92 Å². The van der Waals surface area contributed by atoms with Crippen molar-refractivity contribution in [2.75, 3.05) is 12.8 Å². The zero-order chi connectivity index (χ0) is 14.8. The summed E-state index contributed by atoms with van der Waals surface area (Å²) >= 11 is 0. The molecule has 21 heavy (non-hydrogen) atoms. The highest BCUT2D eigenvalue weighted by molar-refractivity contribution is 5.87. The van der Waals surface area contributed by atoms with Gasteiger partial charge in [0.1, 0.15) is 5.75 Å². The predicted molar refractivity (Wildman–Crippen MR) is 84.0 cm³/mol. The van der Waals surface area contributed by atoms with E-state index in [1.165, 1.54) is 0 Å². The lowest BCUT2D eigenvalue weighted by Gasteiger charge is -2.12. The van der Waals surface area contributed by atoms with Gasteiger partial charge in [-0.15, -0.1) is 0 Å². The van der Waals surface area contributed by atoms with E-state index < -0.39 is 0 Å². The van der Waals surface area contributed by atoms with Crippen LogP contribution in [0.1, 0.15) is 5.56 Å². The summed E-state index contributed by atoms with van der Waals surface area (Å²) in [5.41, 5.74) is 8.39. The molecule has 0 saturated heterocycles. The van der Waals surface area contributed by atoms with Gasteiger partial charge in [-0.1, -0.05) is 6.07 Å². The molecule has 0 saturated carbocycles. The van der Waals surface area contributed by atoms with Crippen LogP contribution in [0.25, 0.3) is 10.9 Å². The number of nitrogens with zero attached hydrogens (tertiary/aromatic N) is 1. The van der Waals surface area contributed by atoms with E-state index in [0.717, 1.165) is 22.2 Å². The summed E-state index contributed by atoms with van der Waals surface area (Å²) in [5, 5.41) is 0.911. The zero-order valence-corrected chi connectivity index (χ0v) is 12.0. The van der Waals surface area contributed by atoms with Gasteiger partial charge in [-0.2, -0.15) is 0 Å². The number of fused-ring (bicyclic) bond motifs is 1. The molecule has 0 spiro atoms. The highest BCUT2D eigenvalue weighted by atomic mass is 16.5. The number of anilines is 1. The second-order valence-electron chi connectivity index (χ2n) is 4.84. The van der Waals surface area contributed by atoms with Crippen molar-refractivity contribution in [3.05, 3.63) is 54.2 Å². The number of hydrogen-bond acceptors (Lipinski definition) is 4. The van der Waals surface area contributed by atoms with E-state index in [1.54, 1.807) is 13.3 Å². The Morgan fingerprint density at radius 3 is 2.62 bits per heavy atom. The van der Waals surface area contributed by atoms with Gasteiger partial charge in [0.15, 0.2) is 11.5 Å². The van der Waals surface area contributed by atoms with Gasteiger partial charge >= 0.3 is 0 Å². The number of nitrogens with two attached hydrogens (primary N) is 1. The van der Waals surface area contributed by atoms with Gasteiger partial charge in [-0.05, 0) is 48.9 Å². The molecule has 0 radical (unpaired) electrons. The fraction of sp³-hybridized carbons (Fsp3) is 0.118. The Morgan fingerprint density at radius 2 is 1.81 bits per heavy atom. The summed E-state index contributed by atoms with van der Waals surface area (Å²) in [5.74, 6) is 2.10. The fourth-order valence-corrected chi connectivity index (χ4v) is 2.21. The lowest BCUT2D eigenvalue weighted by Crippen LogP contribution is -1.93. The second kappa shape index (κ2) is 5.32. The van der Waals surface area contributed by atoms with E-state index in [1.807, 2.05) is 49.4 Å². The highest BCUT2D eigenvalue weighted by Crippen LogP contribution is 2.35. The number of nitrogen functional groups attached to an aromatic ring is 1. The summed E-state index contributed by atoms with van der Waals surface area (Å²) in [7, 11) is 1.63. The number of ether oxygens (including phenoxy) is 2. The molecule has 4 heteroatoms. The molecule has 2 N–H and O–H groups in total. The minimum atomic E-state index is 0.674. The third-order valence-electron chi connectivity index (χ3n) is 3.27. The number of hydrogen-bond donors (Lipinski definition) is 1. The number of aromatic nitrogens is 1. The molecular formula is C17H16N2O2. The normalized spacial score (nSPS) is 10.6. The Balaban J connectivity index is 2.06. The van der Waals surface area contributed by atoms with Crippen molar-refractivity contribution in [3.63, 3.8) is 0 Å². The van der Waals surface area contributed by atoms with E-state index in [4.69, 9.17) is 15.2 Å². The van der Waals surface area contributed by atoms with Crippen molar-refractivity contribution >= 4 is 16.6 Å². The minimum Gasteiger partial charge on any atom is -0.493 e. The first-order chi connectivity index (χ1) is 10.2. The van der Waals surface area contributed by atoms with Crippen molar-refractivity contribution in [1.82, 2.24) is 4.98 Å². The first-order valence-electron chi connectivity index (χ1n) is 6.64. The van der Waals surface area contributed by atoms with Crippen LogP contribution >= 0.6 is 0 Å². The summed E-state index contributed by atoms with van der Waals surface area (Å²) in [6.45, 7) is 2.01. The summed E-state index contributed by atoms with van der Waals surface area (Å²) < 4.78 is 11.4. The van der Waals surface area contributed by atoms with Crippen LogP contribution in [-0.2, 0) is 0 Å². The molecule has 1 heterocycles. The lowest BCUT2D eigenvalue weighted by atomic mass is 10.2. The molecule has 0 amide bonds. The Hall–Kier alpha value is -2.75. The van der Waals surface area contributed by atoms with Gasteiger partial charge in [0.2, 0.25) is 0 Å². The number of benzene rings is 2. The van der Waals surface area contributed by atoms with Crippen molar-refractivity contribution < 1.29 is 9.47 Å². The highest BCUT2D eigenvalue weighted by Gasteiger charge is 2.09. The summed E-state index contributed by atoms with van der Waals surface area (Å²) in [6.07, 6.45) is 1.71. The fourth-order valence-electron chi connectivity index (χ4n) is 2.21. The molecule has 106 valence electrons. The van der Waals surface area contributed by atoms with E-state index in [9.17, 15) is 0 Å². The monoisotopic (exact) mass is 280 g/mol. The van der Waals surface area contributed by atoms with Gasteiger partial charge < -0.3 is 15.2 Å². The number of aryl methyl sites for hydroxylation is 1. The molecular weight excluding hydrogens is 264 g/mol. The number of rotatable bonds is 3. The molecule has 0 aliphatic rings. The molecule has 0 bridgehead atoms. The smallest absolute Gasteiger partial charge is 0.169 e. The van der Waals surface area contributed by atoms with Gasteiger partial charge in [-0.3, -0.25) is 4.98 Å². The maximum Gasteiger partial charge on any atom is 0.169 e. The molecule has 3 aromatic rings. The first-order valence-corrected chi connectivity index (χ1v) is 6.64. The third kappa shape index (κ3) is 2.60. The Labute approximate surface area is 123 Å². The van der Waals surface area contributed by atoms with Gasteiger partial charge in [-0.25, -0.2) is 0 Å². The topological polar surface area (TPSA) is 57.4 Å². The van der Waals surface area contributed by atoms with Crippen LogP contribution in [0.2, 0.25) is 0 Å². The van der Waals surface area contributed by atoms with Gasteiger partial charge in [0.25, 0.3) is 0 Å². The lowest BCUT2D eigenvalue weighted by molar-refractivity contribution is 0.379. The number of pyridine rings is 1. The van der Waals surface area contributed by atoms with Crippen LogP contribution in [0.15, 0.2) is 48.7 Å². The van der Waals surface area contributed by atoms with Crippen LogP contribution in [0.3, 0.4) is 0 Å². The van der Waals surface area contributed by atoms with E-state index in [-0.39, 0.29) is 0 Å². The predicted octanol–water partition coefficient (Wildman–Crippen LogP) is 3.93. The van der Waals surface area contributed by atoms with Crippen LogP contribution in [0.4, 0.5) is 5.69 Å². The zero-order valence-electron chi connectivity index (χ0n) is 12.0. The average molecular weight is 280 g/mol. The van der Waals surface area contributed by atoms with Crippen LogP contribution in [0.5, 0.6) is 17.2 Å². The van der Waals surface area contributed by atoms with Gasteiger partial charge in [0.05, 0.1) is 12.6 Å². The molecule has 2 aromatic carbocycles. The molecule has 0 fully saturated rings. The molecule has 1 aromatic heterocycles. The van der Waals surface area contributed by atoms with Crippen molar-refractivity contribution in [3.8, 4) is 17.2 Å². The minimum absolute atomic E-state index is 0.674. The maximum absolute atomic E-state index is 6.00. The quantitative estimate of drug-likeness (QED) is 0.739.